The van der Waals surface area contributed by atoms with Gasteiger partial charge in [0, 0.05) is 36.3 Å². The number of rotatable bonds is 5. The molecule has 7 atom stereocenters. The number of cyclic esters (lactones) is 1. The number of allylic oxidation sites excluding steroid dienone is 1. The van der Waals surface area contributed by atoms with Gasteiger partial charge in [0.05, 0.1) is 18.9 Å². The SMILES string of the molecule is COC(=O)[C@@H]1C[C@H](OC(C)=O)C(=O)[C@@H]2[C@@](C)(/C=C/C3=CC(=O)OC3O)[C@H](C(=O)O)CC[C@]21C. The van der Waals surface area contributed by atoms with Gasteiger partial charge in [0.2, 0.25) is 6.29 Å². The van der Waals surface area contributed by atoms with Gasteiger partial charge in [-0.05, 0) is 18.3 Å². The topological polar surface area (TPSA) is 154 Å². The molecule has 33 heavy (non-hydrogen) atoms. The van der Waals surface area contributed by atoms with Gasteiger partial charge < -0.3 is 24.4 Å². The van der Waals surface area contributed by atoms with Gasteiger partial charge in [-0.15, -0.1) is 0 Å². The van der Waals surface area contributed by atoms with Crippen LogP contribution < -0.4 is 0 Å². The summed E-state index contributed by atoms with van der Waals surface area (Å²) < 4.78 is 14.9. The number of ketones is 1. The van der Waals surface area contributed by atoms with E-state index in [4.69, 9.17) is 9.47 Å². The van der Waals surface area contributed by atoms with Crippen molar-refractivity contribution in [1.82, 2.24) is 0 Å². The highest BCUT2D eigenvalue weighted by molar-refractivity contribution is 5.93. The number of methoxy groups -OCH3 is 1. The zero-order valence-electron chi connectivity index (χ0n) is 18.9. The smallest absolute Gasteiger partial charge is 0.333 e. The maximum absolute atomic E-state index is 13.7. The average Bonchev–Trinajstić information content (AvgIpc) is 3.04. The fourth-order valence-electron chi connectivity index (χ4n) is 5.86. The summed E-state index contributed by atoms with van der Waals surface area (Å²) in [6.45, 7) is 4.50. The Bertz CT molecular complexity index is 949. The lowest BCUT2D eigenvalue weighted by Crippen LogP contribution is -2.63. The Hall–Kier alpha value is -3.01. The first-order chi connectivity index (χ1) is 15.3. The van der Waals surface area contributed by atoms with Crippen LogP contribution in [0.4, 0.5) is 0 Å². The fourth-order valence-corrected chi connectivity index (χ4v) is 5.86. The lowest BCUT2D eigenvalue weighted by Gasteiger charge is -2.58. The minimum absolute atomic E-state index is 0.0537. The summed E-state index contributed by atoms with van der Waals surface area (Å²) in [7, 11) is 1.23. The first-order valence-corrected chi connectivity index (χ1v) is 10.7. The number of carboxylic acid groups (broad SMARTS) is 1. The number of esters is 3. The monoisotopic (exact) mass is 464 g/mol. The summed E-state index contributed by atoms with van der Waals surface area (Å²) in [5.41, 5.74) is -2.20. The first-order valence-electron chi connectivity index (χ1n) is 10.7. The van der Waals surface area contributed by atoms with E-state index >= 15 is 0 Å². The van der Waals surface area contributed by atoms with Crippen LogP contribution in [0, 0.1) is 28.6 Å². The zero-order valence-corrected chi connectivity index (χ0v) is 18.9. The second-order valence-electron chi connectivity index (χ2n) is 9.31. The van der Waals surface area contributed by atoms with Gasteiger partial charge in [-0.3, -0.25) is 19.2 Å². The number of fused-ring (bicyclic) bond motifs is 1. The van der Waals surface area contributed by atoms with Crippen LogP contribution >= 0.6 is 0 Å². The summed E-state index contributed by atoms with van der Waals surface area (Å²) in [5, 5.41) is 19.9. The van der Waals surface area contributed by atoms with Crippen molar-refractivity contribution in [3.05, 3.63) is 23.8 Å². The quantitative estimate of drug-likeness (QED) is 0.447. The Balaban J connectivity index is 2.15. The molecule has 0 saturated heterocycles. The van der Waals surface area contributed by atoms with E-state index in [1.807, 2.05) is 0 Å². The number of hydrogen-bond donors (Lipinski definition) is 2. The molecule has 2 saturated carbocycles. The molecule has 0 aromatic carbocycles. The van der Waals surface area contributed by atoms with E-state index < -0.39 is 70.6 Å². The number of carbonyl (C=O) groups excluding carboxylic acids is 4. The van der Waals surface area contributed by atoms with Crippen LogP contribution in [0.2, 0.25) is 0 Å². The Labute approximate surface area is 190 Å². The summed E-state index contributed by atoms with van der Waals surface area (Å²) in [6, 6.07) is 0. The molecule has 180 valence electrons. The van der Waals surface area contributed by atoms with E-state index in [1.54, 1.807) is 13.8 Å². The first kappa shape index (κ1) is 24.6. The highest BCUT2D eigenvalue weighted by Gasteiger charge is 2.65. The molecule has 2 N–H and O–H groups in total. The molecule has 1 heterocycles. The van der Waals surface area contributed by atoms with E-state index in [2.05, 4.69) is 4.74 Å². The summed E-state index contributed by atoms with van der Waals surface area (Å²) in [6.07, 6.45) is 1.58. The van der Waals surface area contributed by atoms with Crippen LogP contribution in [0.15, 0.2) is 23.8 Å². The molecule has 3 aliphatic rings. The molecule has 0 spiro atoms. The third-order valence-electron chi connectivity index (χ3n) is 7.38. The molecule has 2 aliphatic carbocycles. The number of Topliss-reactive ketones (excluding diaryl/α,β-unsaturated/α-hetero) is 1. The summed E-state index contributed by atoms with van der Waals surface area (Å²) >= 11 is 0. The summed E-state index contributed by atoms with van der Waals surface area (Å²) in [4.78, 5) is 61.7. The van der Waals surface area contributed by atoms with Crippen LogP contribution in [0.3, 0.4) is 0 Å². The lowest BCUT2D eigenvalue weighted by molar-refractivity contribution is -0.188. The van der Waals surface area contributed by atoms with Crippen molar-refractivity contribution in [2.24, 2.45) is 28.6 Å². The predicted octanol–water partition coefficient (Wildman–Crippen LogP) is 1.16. The van der Waals surface area contributed by atoms with E-state index in [9.17, 15) is 34.2 Å². The predicted molar refractivity (Wildman–Crippen MR) is 110 cm³/mol. The Kier molecular flexibility index (Phi) is 6.52. The minimum Gasteiger partial charge on any atom is -0.481 e. The summed E-state index contributed by atoms with van der Waals surface area (Å²) in [5.74, 6) is -6.45. The molecule has 10 nitrogen and oxygen atoms in total. The number of ether oxygens (including phenoxy) is 3. The molecule has 2 fully saturated rings. The van der Waals surface area contributed by atoms with Crippen LogP contribution in [0.1, 0.15) is 40.0 Å². The minimum atomic E-state index is -1.51. The van der Waals surface area contributed by atoms with Crippen LogP contribution in [-0.2, 0) is 38.2 Å². The number of aliphatic hydroxyl groups excluding tert-OH is 1. The zero-order chi connectivity index (χ0) is 24.7. The maximum atomic E-state index is 13.7. The maximum Gasteiger partial charge on any atom is 0.333 e. The number of aliphatic carboxylic acids is 1. The highest BCUT2D eigenvalue weighted by atomic mass is 16.6. The third-order valence-corrected chi connectivity index (χ3v) is 7.38. The second kappa shape index (κ2) is 8.74. The average molecular weight is 464 g/mol. The lowest BCUT2D eigenvalue weighted by atomic mass is 9.44. The van der Waals surface area contributed by atoms with Crippen molar-refractivity contribution in [3.63, 3.8) is 0 Å². The largest absolute Gasteiger partial charge is 0.481 e. The van der Waals surface area contributed by atoms with Crippen molar-refractivity contribution in [1.29, 1.82) is 0 Å². The number of carbonyl (C=O) groups is 5. The van der Waals surface area contributed by atoms with Gasteiger partial charge in [-0.2, -0.15) is 0 Å². The standard InChI is InChI=1S/C23H28O10/c1-11(24)32-15-10-14(21(30)31-4)23(3)8-6-13(19(27)28)22(2,18(23)17(15)26)7-5-12-9-16(25)33-20(12)29/h5,7,9,13-15,18,20,29H,6,8,10H2,1-4H3,(H,27,28)/b7-5+/t13-,14-,15-,18+,20?,22-,23-/m0/s1. The van der Waals surface area contributed by atoms with Gasteiger partial charge >= 0.3 is 23.9 Å². The van der Waals surface area contributed by atoms with E-state index in [1.165, 1.54) is 19.3 Å². The molecular formula is C23H28O10. The van der Waals surface area contributed by atoms with Crippen molar-refractivity contribution < 1.29 is 48.4 Å². The molecular weight excluding hydrogens is 436 g/mol. The van der Waals surface area contributed by atoms with Gasteiger partial charge in [0.15, 0.2) is 11.9 Å². The second-order valence-corrected chi connectivity index (χ2v) is 9.31. The van der Waals surface area contributed by atoms with E-state index in [-0.39, 0.29) is 24.8 Å². The fraction of sp³-hybridized carbons (Fsp3) is 0.609. The molecule has 1 aliphatic heterocycles. The van der Waals surface area contributed by atoms with Crippen molar-refractivity contribution in [2.75, 3.05) is 7.11 Å². The Morgan fingerprint density at radius 2 is 1.88 bits per heavy atom. The van der Waals surface area contributed by atoms with Crippen molar-refractivity contribution >= 4 is 29.7 Å². The van der Waals surface area contributed by atoms with Gasteiger partial charge in [-0.25, -0.2) is 4.79 Å². The molecule has 1 unspecified atom stereocenters. The van der Waals surface area contributed by atoms with E-state index in [0.29, 0.717) is 0 Å². The van der Waals surface area contributed by atoms with Crippen LogP contribution in [0.25, 0.3) is 0 Å². The van der Waals surface area contributed by atoms with Crippen LogP contribution in [-0.4, -0.2) is 59.4 Å². The number of carboxylic acids is 1. The molecule has 0 amide bonds. The van der Waals surface area contributed by atoms with Gasteiger partial charge in [0.25, 0.3) is 0 Å². The van der Waals surface area contributed by atoms with Gasteiger partial charge in [0.1, 0.15) is 0 Å². The van der Waals surface area contributed by atoms with Crippen LogP contribution in [0.5, 0.6) is 0 Å². The third kappa shape index (κ3) is 4.19. The van der Waals surface area contributed by atoms with Crippen molar-refractivity contribution in [2.45, 2.75) is 52.4 Å². The van der Waals surface area contributed by atoms with Gasteiger partial charge in [-0.1, -0.05) is 26.0 Å². The highest BCUT2D eigenvalue weighted by Crippen LogP contribution is 2.62. The Morgan fingerprint density at radius 1 is 1.21 bits per heavy atom. The Morgan fingerprint density at radius 3 is 2.39 bits per heavy atom. The normalized spacial score (nSPS) is 38.3. The molecule has 10 heteroatoms. The van der Waals surface area contributed by atoms with E-state index in [0.717, 1.165) is 13.0 Å². The number of aliphatic hydroxyl groups is 1. The molecule has 0 radical (unpaired) electrons. The molecule has 0 bridgehead atoms. The molecule has 0 aromatic heterocycles. The van der Waals surface area contributed by atoms with Crippen molar-refractivity contribution in [3.8, 4) is 0 Å². The molecule has 0 aromatic rings. The number of hydrogen-bond acceptors (Lipinski definition) is 9. The molecule has 3 rings (SSSR count).